The lowest BCUT2D eigenvalue weighted by molar-refractivity contribution is 0.177. The SMILES string of the molecule is COC(=O)NS(=O)(=O)Nc1c(C)cccc1C. The molecule has 2 N–H and O–H groups in total. The van der Waals surface area contributed by atoms with Crippen molar-refractivity contribution in [3.63, 3.8) is 0 Å². The van der Waals surface area contributed by atoms with Gasteiger partial charge < -0.3 is 4.74 Å². The first-order chi connectivity index (χ1) is 7.85. The number of nitrogens with one attached hydrogen (secondary N) is 2. The molecule has 94 valence electrons. The second-order valence-corrected chi connectivity index (χ2v) is 4.88. The van der Waals surface area contributed by atoms with Gasteiger partial charge in [-0.3, -0.25) is 4.72 Å². The van der Waals surface area contributed by atoms with Gasteiger partial charge >= 0.3 is 16.3 Å². The van der Waals surface area contributed by atoms with E-state index in [1.54, 1.807) is 30.7 Å². The molecule has 0 fully saturated rings. The van der Waals surface area contributed by atoms with Gasteiger partial charge in [0.2, 0.25) is 0 Å². The van der Waals surface area contributed by atoms with E-state index in [1.165, 1.54) is 0 Å². The lowest BCUT2D eigenvalue weighted by Gasteiger charge is -2.12. The molecule has 0 aliphatic carbocycles. The number of rotatable bonds is 3. The number of amides is 1. The van der Waals surface area contributed by atoms with Gasteiger partial charge in [0.15, 0.2) is 0 Å². The van der Waals surface area contributed by atoms with Gasteiger partial charge in [0.25, 0.3) is 0 Å². The predicted molar refractivity (Wildman–Crippen MR) is 64.0 cm³/mol. The van der Waals surface area contributed by atoms with Crippen molar-refractivity contribution in [1.29, 1.82) is 0 Å². The number of anilines is 1. The molecule has 0 radical (unpaired) electrons. The summed E-state index contributed by atoms with van der Waals surface area (Å²) in [5.74, 6) is 0. The number of hydrogen-bond donors (Lipinski definition) is 2. The number of aryl methyl sites for hydroxylation is 2. The molecule has 0 aromatic heterocycles. The number of carbonyl (C=O) groups is 1. The largest absolute Gasteiger partial charge is 0.452 e. The van der Waals surface area contributed by atoms with E-state index in [-0.39, 0.29) is 0 Å². The topological polar surface area (TPSA) is 84.5 Å². The molecule has 1 aromatic carbocycles. The number of methoxy groups -OCH3 is 1. The third-order valence-electron chi connectivity index (χ3n) is 2.12. The number of carbonyl (C=O) groups excluding carboxylic acids is 1. The van der Waals surface area contributed by atoms with Crippen LogP contribution in [0.4, 0.5) is 10.5 Å². The van der Waals surface area contributed by atoms with Gasteiger partial charge in [-0.1, -0.05) is 18.2 Å². The summed E-state index contributed by atoms with van der Waals surface area (Å²) in [7, 11) is -2.88. The molecular formula is C10H14N2O4S. The zero-order chi connectivity index (χ0) is 13.1. The molecule has 0 saturated heterocycles. The smallest absolute Gasteiger partial charge is 0.422 e. The molecule has 0 aliphatic heterocycles. The van der Waals surface area contributed by atoms with Gasteiger partial charge in [-0.15, -0.1) is 0 Å². The van der Waals surface area contributed by atoms with Crippen LogP contribution in [0.15, 0.2) is 18.2 Å². The minimum Gasteiger partial charge on any atom is -0.452 e. The van der Waals surface area contributed by atoms with Crippen molar-refractivity contribution in [2.75, 3.05) is 11.8 Å². The maximum absolute atomic E-state index is 11.6. The van der Waals surface area contributed by atoms with Crippen LogP contribution in [0.2, 0.25) is 0 Å². The maximum Gasteiger partial charge on any atom is 0.422 e. The van der Waals surface area contributed by atoms with E-state index in [1.807, 2.05) is 6.07 Å². The summed E-state index contributed by atoms with van der Waals surface area (Å²) in [5, 5.41) is 0. The molecular weight excluding hydrogens is 244 g/mol. The van der Waals surface area contributed by atoms with Crippen molar-refractivity contribution < 1.29 is 17.9 Å². The zero-order valence-electron chi connectivity index (χ0n) is 9.77. The van der Waals surface area contributed by atoms with Crippen molar-refractivity contribution in [3.05, 3.63) is 29.3 Å². The first-order valence-corrected chi connectivity index (χ1v) is 6.29. The summed E-state index contributed by atoms with van der Waals surface area (Å²) in [4.78, 5) is 10.8. The highest BCUT2D eigenvalue weighted by atomic mass is 32.2. The maximum atomic E-state index is 11.6. The fraction of sp³-hybridized carbons (Fsp3) is 0.300. The fourth-order valence-electron chi connectivity index (χ4n) is 1.29. The highest BCUT2D eigenvalue weighted by Gasteiger charge is 2.16. The van der Waals surface area contributed by atoms with Crippen LogP contribution in [-0.4, -0.2) is 21.6 Å². The Hall–Kier alpha value is -1.76. The first-order valence-electron chi connectivity index (χ1n) is 4.80. The van der Waals surface area contributed by atoms with Crippen molar-refractivity contribution in [3.8, 4) is 0 Å². The minimum atomic E-state index is -3.97. The third-order valence-corrected chi connectivity index (χ3v) is 3.03. The Morgan fingerprint density at radius 3 is 2.24 bits per heavy atom. The van der Waals surface area contributed by atoms with Gasteiger partial charge in [0.1, 0.15) is 0 Å². The summed E-state index contributed by atoms with van der Waals surface area (Å²) < 4.78 is 31.3. The summed E-state index contributed by atoms with van der Waals surface area (Å²) in [6.45, 7) is 3.53. The molecule has 17 heavy (non-hydrogen) atoms. The number of hydrogen-bond acceptors (Lipinski definition) is 4. The van der Waals surface area contributed by atoms with Crippen molar-refractivity contribution in [2.24, 2.45) is 0 Å². The molecule has 1 rings (SSSR count). The Morgan fingerprint density at radius 1 is 1.24 bits per heavy atom. The lowest BCUT2D eigenvalue weighted by atomic mass is 10.1. The second-order valence-electron chi connectivity index (χ2n) is 3.47. The summed E-state index contributed by atoms with van der Waals surface area (Å²) in [6.07, 6.45) is -1.04. The molecule has 0 heterocycles. The zero-order valence-corrected chi connectivity index (χ0v) is 10.6. The average Bonchev–Trinajstić information content (AvgIpc) is 2.23. The van der Waals surface area contributed by atoms with Gasteiger partial charge in [-0.2, -0.15) is 8.42 Å². The van der Waals surface area contributed by atoms with Crippen LogP contribution in [-0.2, 0) is 14.9 Å². The number of benzene rings is 1. The van der Waals surface area contributed by atoms with E-state index in [2.05, 4.69) is 9.46 Å². The van der Waals surface area contributed by atoms with Crippen LogP contribution < -0.4 is 9.44 Å². The normalized spacial score (nSPS) is 10.8. The molecule has 0 saturated carbocycles. The molecule has 0 unspecified atom stereocenters. The molecule has 6 nitrogen and oxygen atoms in total. The van der Waals surface area contributed by atoms with Crippen LogP contribution in [0.5, 0.6) is 0 Å². The Kier molecular flexibility index (Phi) is 3.95. The van der Waals surface area contributed by atoms with Gasteiger partial charge in [-0.25, -0.2) is 9.52 Å². The third kappa shape index (κ3) is 3.63. The van der Waals surface area contributed by atoms with Gasteiger partial charge in [0.05, 0.1) is 12.8 Å². The van der Waals surface area contributed by atoms with E-state index in [0.717, 1.165) is 18.2 Å². The van der Waals surface area contributed by atoms with E-state index >= 15 is 0 Å². The predicted octanol–water partition coefficient (Wildman–Crippen LogP) is 1.32. The van der Waals surface area contributed by atoms with E-state index in [9.17, 15) is 13.2 Å². The first kappa shape index (κ1) is 13.3. The molecule has 0 spiro atoms. The monoisotopic (exact) mass is 258 g/mol. The van der Waals surface area contributed by atoms with Crippen LogP contribution in [0, 0.1) is 13.8 Å². The van der Waals surface area contributed by atoms with Crippen LogP contribution in [0.25, 0.3) is 0 Å². The average molecular weight is 258 g/mol. The number of para-hydroxylation sites is 1. The molecule has 0 aliphatic rings. The van der Waals surface area contributed by atoms with Crippen molar-refractivity contribution in [2.45, 2.75) is 13.8 Å². The Balaban J connectivity index is 2.95. The van der Waals surface area contributed by atoms with Crippen molar-refractivity contribution >= 4 is 22.0 Å². The molecule has 0 bridgehead atoms. The second kappa shape index (κ2) is 5.05. The molecule has 1 amide bonds. The highest BCUT2D eigenvalue weighted by Crippen LogP contribution is 2.20. The van der Waals surface area contributed by atoms with E-state index < -0.39 is 16.3 Å². The molecule has 0 atom stereocenters. The van der Waals surface area contributed by atoms with Crippen molar-refractivity contribution in [1.82, 2.24) is 4.72 Å². The van der Waals surface area contributed by atoms with Crippen LogP contribution >= 0.6 is 0 Å². The van der Waals surface area contributed by atoms with Gasteiger partial charge in [0, 0.05) is 0 Å². The fourth-order valence-corrected chi connectivity index (χ4v) is 2.23. The van der Waals surface area contributed by atoms with E-state index in [4.69, 9.17) is 0 Å². The Bertz CT molecular complexity index is 505. The summed E-state index contributed by atoms with van der Waals surface area (Å²) in [5.41, 5.74) is 1.98. The lowest BCUT2D eigenvalue weighted by Crippen LogP contribution is -2.35. The summed E-state index contributed by atoms with van der Waals surface area (Å²) in [6, 6.07) is 5.35. The standard InChI is InChI=1S/C10H14N2O4S/c1-7-5-4-6-8(2)9(7)11-17(14,15)12-10(13)16-3/h4-6,11H,1-3H3,(H,12,13). The number of ether oxygens (including phenoxy) is 1. The Morgan fingerprint density at radius 2 is 1.76 bits per heavy atom. The molecule has 7 heteroatoms. The van der Waals surface area contributed by atoms with E-state index in [0.29, 0.717) is 5.69 Å². The highest BCUT2D eigenvalue weighted by molar-refractivity contribution is 7.91. The Labute approximate surface area is 100 Å². The van der Waals surface area contributed by atoms with Gasteiger partial charge in [-0.05, 0) is 25.0 Å². The minimum absolute atomic E-state index is 0.448. The quantitative estimate of drug-likeness (QED) is 0.856. The molecule has 1 aromatic rings. The van der Waals surface area contributed by atoms with Crippen LogP contribution in [0.1, 0.15) is 11.1 Å². The summed E-state index contributed by atoms with van der Waals surface area (Å²) >= 11 is 0. The van der Waals surface area contributed by atoms with Crippen LogP contribution in [0.3, 0.4) is 0 Å².